The minimum atomic E-state index is -0.380. The summed E-state index contributed by atoms with van der Waals surface area (Å²) in [6.07, 6.45) is 0.496. The van der Waals surface area contributed by atoms with E-state index in [0.29, 0.717) is 32.9 Å². The van der Waals surface area contributed by atoms with Crippen molar-refractivity contribution in [3.05, 3.63) is 57.0 Å². The van der Waals surface area contributed by atoms with Crippen LogP contribution in [0.5, 0.6) is 0 Å². The zero-order chi connectivity index (χ0) is 18.1. The van der Waals surface area contributed by atoms with Crippen molar-refractivity contribution in [1.29, 1.82) is 0 Å². The lowest BCUT2D eigenvalue weighted by molar-refractivity contribution is -0.122. The predicted octanol–water partition coefficient (Wildman–Crippen LogP) is 5.17. The van der Waals surface area contributed by atoms with E-state index in [1.54, 1.807) is 30.3 Å². The molecule has 1 fully saturated rings. The summed E-state index contributed by atoms with van der Waals surface area (Å²) < 4.78 is 0. The van der Waals surface area contributed by atoms with Gasteiger partial charge in [-0.05, 0) is 49.2 Å². The summed E-state index contributed by atoms with van der Waals surface area (Å²) in [7, 11) is 0. The summed E-state index contributed by atoms with van der Waals surface area (Å²) in [6, 6.07) is 10.1. The molecule has 3 rings (SSSR count). The summed E-state index contributed by atoms with van der Waals surface area (Å²) in [5, 5.41) is 6.97. The number of nitrogens with one attached hydrogen (secondary N) is 2. The van der Waals surface area contributed by atoms with Gasteiger partial charge in [-0.1, -0.05) is 40.9 Å². The van der Waals surface area contributed by atoms with Crippen LogP contribution in [-0.4, -0.2) is 11.8 Å². The lowest BCUT2D eigenvalue weighted by Gasteiger charge is -2.09. The van der Waals surface area contributed by atoms with Gasteiger partial charge in [-0.2, -0.15) is 0 Å². The Kier molecular flexibility index (Phi) is 5.23. The minimum Gasteiger partial charge on any atom is -0.326 e. The molecule has 1 aliphatic carbocycles. The van der Waals surface area contributed by atoms with E-state index in [9.17, 15) is 9.59 Å². The fourth-order valence-electron chi connectivity index (χ4n) is 2.55. The highest BCUT2D eigenvalue weighted by atomic mass is 35.5. The highest BCUT2D eigenvalue weighted by molar-refractivity contribution is 6.35. The highest BCUT2D eigenvalue weighted by Crippen LogP contribution is 2.41. The molecule has 2 unspecified atom stereocenters. The maximum Gasteiger partial charge on any atom is 0.228 e. The molecule has 1 aliphatic rings. The van der Waals surface area contributed by atoms with Crippen molar-refractivity contribution >= 4 is 58.0 Å². The summed E-state index contributed by atoms with van der Waals surface area (Å²) in [6.45, 7) is 1.88. The van der Waals surface area contributed by atoms with Crippen LogP contribution in [0.3, 0.4) is 0 Å². The Balaban J connectivity index is 1.61. The standard InChI is InChI=1S/C18H15Cl3N2O2/c1-9-2-3-10(19)6-15(9)22-17(24)12-8-13(12)18(25)23-16-7-11(20)4-5-14(16)21/h2-7,12-13H,8H2,1H3,(H,22,24)(H,23,25). The molecule has 4 nitrogen and oxygen atoms in total. The van der Waals surface area contributed by atoms with Crippen LogP contribution in [-0.2, 0) is 9.59 Å². The zero-order valence-corrected chi connectivity index (χ0v) is 15.5. The van der Waals surface area contributed by atoms with E-state index in [-0.39, 0.29) is 23.7 Å². The van der Waals surface area contributed by atoms with Crippen LogP contribution in [0.1, 0.15) is 12.0 Å². The van der Waals surface area contributed by atoms with Gasteiger partial charge in [0, 0.05) is 15.7 Å². The molecule has 7 heteroatoms. The molecule has 0 aromatic heterocycles. The molecule has 1 saturated carbocycles. The minimum absolute atomic E-state index is 0.192. The lowest BCUT2D eigenvalue weighted by atomic mass is 10.2. The number of anilines is 2. The van der Waals surface area contributed by atoms with E-state index < -0.39 is 0 Å². The van der Waals surface area contributed by atoms with Crippen molar-refractivity contribution in [3.63, 3.8) is 0 Å². The monoisotopic (exact) mass is 396 g/mol. The quantitative estimate of drug-likeness (QED) is 0.748. The van der Waals surface area contributed by atoms with Gasteiger partial charge in [0.25, 0.3) is 0 Å². The summed E-state index contributed by atoms with van der Waals surface area (Å²) >= 11 is 17.9. The Bertz CT molecular complexity index is 785. The van der Waals surface area contributed by atoms with Gasteiger partial charge in [0.15, 0.2) is 0 Å². The van der Waals surface area contributed by atoms with Gasteiger partial charge >= 0.3 is 0 Å². The van der Waals surface area contributed by atoms with Crippen LogP contribution in [0.25, 0.3) is 0 Å². The van der Waals surface area contributed by atoms with Crippen molar-refractivity contribution in [2.75, 3.05) is 10.6 Å². The maximum absolute atomic E-state index is 12.3. The molecule has 0 aliphatic heterocycles. The number of carbonyl (C=O) groups excluding carboxylic acids is 2. The first kappa shape index (κ1) is 18.1. The van der Waals surface area contributed by atoms with Crippen molar-refractivity contribution in [2.24, 2.45) is 11.8 Å². The normalized spacial score (nSPS) is 18.6. The molecule has 2 amide bonds. The van der Waals surface area contributed by atoms with Gasteiger partial charge in [-0.25, -0.2) is 0 Å². The van der Waals surface area contributed by atoms with E-state index in [0.717, 1.165) is 5.56 Å². The van der Waals surface area contributed by atoms with E-state index in [4.69, 9.17) is 34.8 Å². The second kappa shape index (κ2) is 7.24. The second-order valence-electron chi connectivity index (χ2n) is 6.01. The summed E-state index contributed by atoms with van der Waals surface area (Å²) in [4.78, 5) is 24.7. The summed E-state index contributed by atoms with van der Waals surface area (Å²) in [5.41, 5.74) is 2.00. The average molecular weight is 398 g/mol. The average Bonchev–Trinajstić information content (AvgIpc) is 3.35. The maximum atomic E-state index is 12.3. The van der Waals surface area contributed by atoms with Crippen molar-refractivity contribution in [3.8, 4) is 0 Å². The molecule has 2 aromatic carbocycles. The van der Waals surface area contributed by atoms with Crippen molar-refractivity contribution in [1.82, 2.24) is 0 Å². The van der Waals surface area contributed by atoms with Gasteiger partial charge in [-0.15, -0.1) is 0 Å². The molecule has 25 heavy (non-hydrogen) atoms. The zero-order valence-electron chi connectivity index (χ0n) is 13.3. The van der Waals surface area contributed by atoms with Gasteiger partial charge in [-0.3, -0.25) is 9.59 Å². The largest absolute Gasteiger partial charge is 0.326 e. The van der Waals surface area contributed by atoms with Crippen LogP contribution < -0.4 is 10.6 Å². The van der Waals surface area contributed by atoms with Gasteiger partial charge in [0.2, 0.25) is 11.8 Å². The van der Waals surface area contributed by atoms with Crippen LogP contribution in [0, 0.1) is 18.8 Å². The van der Waals surface area contributed by atoms with E-state index in [1.165, 1.54) is 0 Å². The SMILES string of the molecule is Cc1ccc(Cl)cc1NC(=O)C1CC1C(=O)Nc1cc(Cl)ccc1Cl. The predicted molar refractivity (Wildman–Crippen MR) is 102 cm³/mol. The molecule has 2 atom stereocenters. The van der Waals surface area contributed by atoms with Gasteiger partial charge in [0.1, 0.15) is 0 Å². The number of amides is 2. The van der Waals surface area contributed by atoms with Crippen LogP contribution in [0.2, 0.25) is 15.1 Å². The molecule has 0 spiro atoms. The molecule has 2 aromatic rings. The Labute approximate surface area is 160 Å². The van der Waals surface area contributed by atoms with E-state index in [1.807, 2.05) is 13.0 Å². The first-order valence-electron chi connectivity index (χ1n) is 7.68. The van der Waals surface area contributed by atoms with Crippen molar-refractivity contribution < 1.29 is 9.59 Å². The lowest BCUT2D eigenvalue weighted by Crippen LogP contribution is -2.21. The topological polar surface area (TPSA) is 58.2 Å². The second-order valence-corrected chi connectivity index (χ2v) is 7.29. The Hall–Kier alpha value is -1.75. The first-order chi connectivity index (χ1) is 11.8. The number of halogens is 3. The number of rotatable bonds is 4. The van der Waals surface area contributed by atoms with E-state index >= 15 is 0 Å². The van der Waals surface area contributed by atoms with Gasteiger partial charge < -0.3 is 10.6 Å². The number of hydrogen-bond donors (Lipinski definition) is 2. The highest BCUT2D eigenvalue weighted by Gasteiger charge is 2.48. The van der Waals surface area contributed by atoms with Crippen molar-refractivity contribution in [2.45, 2.75) is 13.3 Å². The number of benzene rings is 2. The Morgan fingerprint density at radius 1 is 0.880 bits per heavy atom. The third kappa shape index (κ3) is 4.27. The Morgan fingerprint density at radius 2 is 1.40 bits per heavy atom. The molecule has 0 heterocycles. The third-order valence-corrected chi connectivity index (χ3v) is 4.91. The molecule has 0 bridgehead atoms. The fraction of sp³-hybridized carbons (Fsp3) is 0.222. The smallest absolute Gasteiger partial charge is 0.228 e. The number of carbonyl (C=O) groups is 2. The molecule has 130 valence electrons. The molecule has 0 saturated heterocycles. The fourth-order valence-corrected chi connectivity index (χ4v) is 3.06. The van der Waals surface area contributed by atoms with Gasteiger partial charge in [0.05, 0.1) is 22.5 Å². The molecular formula is C18H15Cl3N2O2. The molecule has 2 N–H and O–H groups in total. The number of hydrogen-bond acceptors (Lipinski definition) is 2. The van der Waals surface area contributed by atoms with Crippen LogP contribution in [0.15, 0.2) is 36.4 Å². The molecular weight excluding hydrogens is 383 g/mol. The summed E-state index contributed by atoms with van der Waals surface area (Å²) in [5.74, 6) is -1.18. The van der Waals surface area contributed by atoms with E-state index in [2.05, 4.69) is 10.6 Å². The van der Waals surface area contributed by atoms with Crippen LogP contribution >= 0.6 is 34.8 Å². The molecule has 0 radical (unpaired) electrons. The first-order valence-corrected chi connectivity index (χ1v) is 8.81. The number of aryl methyl sites for hydroxylation is 1. The van der Waals surface area contributed by atoms with Crippen LogP contribution in [0.4, 0.5) is 11.4 Å². The Morgan fingerprint density at radius 3 is 2.04 bits per heavy atom. The third-order valence-electron chi connectivity index (χ3n) is 4.11.